The van der Waals surface area contributed by atoms with E-state index in [0.29, 0.717) is 60.2 Å². The van der Waals surface area contributed by atoms with Gasteiger partial charge in [-0.25, -0.2) is 15.0 Å². The third-order valence-electron chi connectivity index (χ3n) is 26.2. The van der Waals surface area contributed by atoms with Crippen molar-refractivity contribution in [1.29, 1.82) is 0 Å². The first-order valence-electron chi connectivity index (χ1n) is 47.6. The number of carbonyl (C=O) groups excluding carboxylic acids is 5. The van der Waals surface area contributed by atoms with Crippen molar-refractivity contribution in [2.75, 3.05) is 194 Å². The predicted octanol–water partition coefficient (Wildman–Crippen LogP) is 18.9. The van der Waals surface area contributed by atoms with Crippen LogP contribution in [0.15, 0.2) is 146 Å². The Morgan fingerprint density at radius 1 is 0.331 bits per heavy atom. The van der Waals surface area contributed by atoms with Crippen molar-refractivity contribution in [1.82, 2.24) is 62.3 Å². The number of pyridine rings is 1. The highest BCUT2D eigenvalue weighted by atomic mass is 35.5. The summed E-state index contributed by atoms with van der Waals surface area (Å²) in [7, 11) is 9.09. The first-order chi connectivity index (χ1) is 68.7. The Kier molecular flexibility index (Phi) is 35.2. The Labute approximate surface area is 847 Å². The summed E-state index contributed by atoms with van der Waals surface area (Å²) in [6, 6.07) is 37.9. The number of ether oxygens (including phenoxy) is 10. The first kappa shape index (κ1) is 104. The maximum atomic E-state index is 13.6. The summed E-state index contributed by atoms with van der Waals surface area (Å²) in [5.41, 5.74) is 6.83. The summed E-state index contributed by atoms with van der Waals surface area (Å²) >= 11 is 13.6. The zero-order chi connectivity index (χ0) is 99.8. The minimum atomic E-state index is -4.65. The quantitative estimate of drug-likeness (QED) is 0.0366. The largest absolute Gasteiger partial charge is 0.497 e. The number of fused-ring (bicyclic) bond motifs is 5. The van der Waals surface area contributed by atoms with Gasteiger partial charge in [-0.3, -0.25) is 43.6 Å². The summed E-state index contributed by atoms with van der Waals surface area (Å²) in [4.78, 5) is 97.8. The molecule has 5 saturated heterocycles. The number of methoxy groups -OCH3 is 6. The second-order valence-corrected chi connectivity index (χ2v) is 40.8. The SMILES string of the molecule is COc1ccc(C(=O)c2cc3cc(C)n(CCN4CCCCC4)c3s2)cn1.COc1ccc(C(=O)c2cc3cc(C)n(CCN4CCOCC4)c3s2)c(C(F)(F)F)c1.COc1ccc(C(=O)c2cc3cc(C)n(CCN4CCOCC4)c3s2)c(OC)c1.COc1ccc(C(=O)c2cc3cc(C)n(CCN4CCOCC4)c3s2)cc1Cl.COc1ncc(C(=O)c2cc3cc(C)n(CCN4CCOCC4)c3s2)cn1. The molecule has 12 aromatic heterocycles. The normalized spacial score (nSPS) is 15.3. The number of benzene rings is 3. The standard InChI is InChI=1S/C22H23F3N2O3S.C22H26N2O4S.C21H23ClN2O3S.C21H25N3O2S.C19H22N4O3S/c1-14-11-15-12-19(31-21(15)27(14)6-5-26-7-9-30-10-8-26)20(28)17-4-3-16(29-2)13-18(17)22(23,24)25;1-15-12-16-13-20(21(25)18-5-4-17(26-2)14-19(18)27-3)29-22(16)24(15)7-6-23-8-10-28-11-9-23;1-14-11-16-13-19(20(25)15-3-4-18(26-2)17(22)12-15)28-21(16)24(14)6-5-23-7-9-27-10-8-23;1-15-12-17-13-18(20(25)16-6-7-19(26-2)22-14-16)27-21(17)24(15)11-10-23-8-4-3-5-9-23;1-13-9-14-10-16(17(24)15-11-20-19(25-2)21-12-15)27-18(14)23(13)4-3-22-5-7-26-8-6-22/h3-4,11-13H,5-10H2,1-2H3;4-5,12-14H,6-11H2,1-3H3;3-4,11-13H,5-10H2,1-2H3;6-7,12-14H,3-5,8-11H2,1-2H3;9-12H,3-8H2,1-2H3. The van der Waals surface area contributed by atoms with Crippen LogP contribution in [0.5, 0.6) is 34.9 Å². The Morgan fingerprint density at radius 2 is 0.662 bits per heavy atom. The van der Waals surface area contributed by atoms with Crippen LogP contribution in [-0.4, -0.2) is 285 Å². The molecule has 0 saturated carbocycles. The van der Waals surface area contributed by atoms with Crippen LogP contribution in [0.4, 0.5) is 13.2 Å². The van der Waals surface area contributed by atoms with Crippen LogP contribution >= 0.6 is 68.3 Å². The molecule has 5 fully saturated rings. The molecule has 752 valence electrons. The molecule has 3 aromatic carbocycles. The van der Waals surface area contributed by atoms with E-state index in [0.717, 1.165) is 243 Å². The molecule has 0 unspecified atom stereocenters. The molecular formula is C105H119ClF3N13O15S5. The number of hydrogen-bond acceptors (Lipinski definition) is 28. The molecule has 0 amide bonds. The average Bonchev–Trinajstić information content (AvgIpc) is 1.64. The molecule has 17 heterocycles. The Bertz CT molecular complexity index is 6740. The van der Waals surface area contributed by atoms with Crippen molar-refractivity contribution >= 4 is 148 Å². The number of carbonyl (C=O) groups is 5. The van der Waals surface area contributed by atoms with E-state index in [9.17, 15) is 37.1 Å². The number of rotatable bonds is 31. The van der Waals surface area contributed by atoms with Gasteiger partial charge >= 0.3 is 12.2 Å². The van der Waals surface area contributed by atoms with Gasteiger partial charge < -0.3 is 75.1 Å². The van der Waals surface area contributed by atoms with Gasteiger partial charge in [0.1, 0.15) is 47.2 Å². The minimum absolute atomic E-state index is 0.0110. The number of aromatic nitrogens is 8. The van der Waals surface area contributed by atoms with Gasteiger partial charge in [0.15, 0.2) is 0 Å². The molecule has 0 atom stereocenters. The molecule has 15 aromatic rings. The first-order valence-corrected chi connectivity index (χ1v) is 52.0. The number of morpholine rings is 4. The summed E-state index contributed by atoms with van der Waals surface area (Å²) in [5.74, 6) is 1.63. The fourth-order valence-corrected chi connectivity index (χ4v) is 24.4. The number of aryl methyl sites for hydroxylation is 5. The van der Waals surface area contributed by atoms with E-state index in [1.165, 1.54) is 121 Å². The summed E-state index contributed by atoms with van der Waals surface area (Å²) in [6.07, 6.45) is 3.94. The van der Waals surface area contributed by atoms with Crippen molar-refractivity contribution in [2.45, 2.75) is 92.8 Å². The van der Waals surface area contributed by atoms with Crippen molar-refractivity contribution in [3.05, 3.63) is 237 Å². The van der Waals surface area contributed by atoms with E-state index in [2.05, 4.69) is 114 Å². The molecule has 0 bridgehead atoms. The zero-order valence-electron chi connectivity index (χ0n) is 81.8. The highest BCUT2D eigenvalue weighted by molar-refractivity contribution is 7.22. The van der Waals surface area contributed by atoms with E-state index in [4.69, 9.17) is 59.0 Å². The van der Waals surface area contributed by atoms with Crippen molar-refractivity contribution < 1.29 is 84.5 Å². The lowest BCUT2D eigenvalue weighted by Crippen LogP contribution is -2.38. The topological polar surface area (TPSA) is 257 Å². The Balaban J connectivity index is 0.000000128. The van der Waals surface area contributed by atoms with E-state index >= 15 is 0 Å². The molecule has 0 N–H and O–H groups in total. The minimum Gasteiger partial charge on any atom is -0.497 e. The molecule has 0 radical (unpaired) electrons. The average molecular weight is 2060 g/mol. The lowest BCUT2D eigenvalue weighted by atomic mass is 10.0. The van der Waals surface area contributed by atoms with Crippen LogP contribution in [0, 0.1) is 34.6 Å². The third-order valence-corrected chi connectivity index (χ3v) is 32.3. The van der Waals surface area contributed by atoms with Gasteiger partial charge in [0.05, 0.1) is 142 Å². The fourth-order valence-electron chi connectivity index (χ4n) is 18.2. The Hall–Kier alpha value is -11.0. The number of thiophene rings is 5. The second kappa shape index (κ2) is 48.1. The van der Waals surface area contributed by atoms with E-state index in [1.807, 2.05) is 37.3 Å². The monoisotopic (exact) mass is 2050 g/mol. The molecule has 0 spiro atoms. The van der Waals surface area contributed by atoms with Crippen molar-refractivity contribution in [3.8, 4) is 34.9 Å². The smallest absolute Gasteiger partial charge is 0.417 e. The van der Waals surface area contributed by atoms with Crippen LogP contribution in [-0.2, 0) is 57.8 Å². The molecule has 5 aliphatic heterocycles. The highest BCUT2D eigenvalue weighted by Gasteiger charge is 2.37. The molecule has 0 aliphatic carbocycles. The van der Waals surface area contributed by atoms with Crippen LogP contribution in [0.3, 0.4) is 0 Å². The van der Waals surface area contributed by atoms with Gasteiger partial charge in [-0.1, -0.05) is 18.0 Å². The summed E-state index contributed by atoms with van der Waals surface area (Å²) in [5, 5.41) is 5.81. The van der Waals surface area contributed by atoms with Crippen LogP contribution in [0.2, 0.25) is 5.02 Å². The molecule has 142 heavy (non-hydrogen) atoms. The van der Waals surface area contributed by atoms with Gasteiger partial charge in [-0.2, -0.15) is 13.2 Å². The van der Waals surface area contributed by atoms with Gasteiger partial charge in [-0.05, 0) is 176 Å². The molecule has 28 nitrogen and oxygen atoms in total. The number of likely N-dealkylation sites (tertiary alicyclic amines) is 1. The van der Waals surface area contributed by atoms with Crippen LogP contribution in [0.1, 0.15) is 129 Å². The lowest BCUT2D eigenvalue weighted by molar-refractivity contribution is -0.138. The van der Waals surface area contributed by atoms with E-state index in [-0.39, 0.29) is 40.5 Å². The Morgan fingerprint density at radius 3 is 1.00 bits per heavy atom. The number of alkyl halides is 3. The van der Waals surface area contributed by atoms with E-state index in [1.54, 1.807) is 123 Å². The maximum absolute atomic E-state index is 13.6. The summed E-state index contributed by atoms with van der Waals surface area (Å²) in [6.45, 7) is 36.2. The molecule has 20 rings (SSSR count). The van der Waals surface area contributed by atoms with E-state index < -0.39 is 17.5 Å². The van der Waals surface area contributed by atoms with Gasteiger partial charge in [0.25, 0.3) is 0 Å². The molecular weight excluding hydrogens is 1940 g/mol. The molecule has 37 heteroatoms. The van der Waals surface area contributed by atoms with Crippen molar-refractivity contribution in [3.63, 3.8) is 0 Å². The molecule has 5 aliphatic rings. The fraction of sp³-hybridized carbons (Fsp3) is 0.410. The maximum Gasteiger partial charge on any atom is 0.417 e. The lowest BCUT2D eigenvalue weighted by Gasteiger charge is -2.26. The number of piperidine rings is 1. The number of ketones is 5. The number of hydrogen-bond donors (Lipinski definition) is 0. The summed E-state index contributed by atoms with van der Waals surface area (Å²) < 4.78 is 104. The van der Waals surface area contributed by atoms with Crippen molar-refractivity contribution in [2.24, 2.45) is 0 Å². The van der Waals surface area contributed by atoms with Crippen LogP contribution < -0.4 is 28.4 Å². The second-order valence-electron chi connectivity index (χ2n) is 35.3. The highest BCUT2D eigenvalue weighted by Crippen LogP contribution is 2.41. The number of halogens is 4. The van der Waals surface area contributed by atoms with Gasteiger partial charge in [-0.15, -0.1) is 56.7 Å². The number of nitrogens with zero attached hydrogens (tertiary/aromatic N) is 13. The van der Waals surface area contributed by atoms with Crippen LogP contribution in [0.25, 0.3) is 51.1 Å². The van der Waals surface area contributed by atoms with Gasteiger partial charge in [0, 0.05) is 221 Å². The predicted molar refractivity (Wildman–Crippen MR) is 554 cm³/mol. The third kappa shape index (κ3) is 24.9. The zero-order valence-corrected chi connectivity index (χ0v) is 86.6. The van der Waals surface area contributed by atoms with Gasteiger partial charge in [0.2, 0.25) is 34.8 Å².